The molecule has 2 saturated heterocycles. The Hall–Kier alpha value is -1.67. The van der Waals surface area contributed by atoms with Crippen LogP contribution >= 0.6 is 0 Å². The van der Waals surface area contributed by atoms with E-state index in [1.165, 1.54) is 12.7 Å². The van der Waals surface area contributed by atoms with Gasteiger partial charge in [0.1, 0.15) is 5.82 Å². The summed E-state index contributed by atoms with van der Waals surface area (Å²) in [7, 11) is -3.19. The van der Waals surface area contributed by atoms with Crippen molar-refractivity contribution in [3.63, 3.8) is 0 Å². The zero-order chi connectivity index (χ0) is 19.4. The van der Waals surface area contributed by atoms with Gasteiger partial charge in [-0.1, -0.05) is 6.92 Å². The molecule has 3 heterocycles. The predicted octanol–water partition coefficient (Wildman–Crippen LogP) is 1.96. The van der Waals surface area contributed by atoms with Gasteiger partial charge in [-0.25, -0.2) is 13.4 Å². The first-order valence-electron chi connectivity index (χ1n) is 9.88. The summed E-state index contributed by atoms with van der Waals surface area (Å²) >= 11 is 0. The van der Waals surface area contributed by atoms with Crippen molar-refractivity contribution >= 4 is 21.7 Å². The summed E-state index contributed by atoms with van der Waals surface area (Å²) in [5.41, 5.74) is 0.660. The number of amides is 1. The van der Waals surface area contributed by atoms with E-state index >= 15 is 0 Å². The number of pyridine rings is 1. The van der Waals surface area contributed by atoms with Crippen LogP contribution in [0.15, 0.2) is 18.3 Å². The van der Waals surface area contributed by atoms with Crippen molar-refractivity contribution in [1.82, 2.24) is 14.2 Å². The number of hydrogen-bond acceptors (Lipinski definition) is 5. The highest BCUT2D eigenvalue weighted by atomic mass is 32.2. The number of rotatable bonds is 5. The minimum absolute atomic E-state index is 0.0196. The van der Waals surface area contributed by atoms with Gasteiger partial charge in [0.05, 0.1) is 11.8 Å². The Bertz CT molecular complexity index is 754. The molecular formula is C19H30N4O3S. The van der Waals surface area contributed by atoms with E-state index in [1.807, 2.05) is 24.0 Å². The lowest BCUT2D eigenvalue weighted by Crippen LogP contribution is -2.47. The Labute approximate surface area is 162 Å². The van der Waals surface area contributed by atoms with E-state index in [0.717, 1.165) is 44.6 Å². The number of carbonyl (C=O) groups is 1. The molecule has 27 heavy (non-hydrogen) atoms. The Kier molecular flexibility index (Phi) is 6.37. The van der Waals surface area contributed by atoms with Gasteiger partial charge in [-0.15, -0.1) is 0 Å². The highest BCUT2D eigenvalue weighted by molar-refractivity contribution is 7.88. The van der Waals surface area contributed by atoms with E-state index in [1.54, 1.807) is 10.5 Å². The highest BCUT2D eigenvalue weighted by Gasteiger charge is 2.31. The minimum atomic E-state index is -3.19. The molecule has 0 spiro atoms. The number of anilines is 1. The SMILES string of the molecule is CCN(C1CCN(c2ncccc2C(=O)N2CCCCC2)CC1)S(C)(=O)=O. The predicted molar refractivity (Wildman–Crippen MR) is 106 cm³/mol. The molecule has 0 saturated carbocycles. The van der Waals surface area contributed by atoms with Crippen LogP contribution in [0.4, 0.5) is 5.82 Å². The van der Waals surface area contributed by atoms with Crippen molar-refractivity contribution in [3.8, 4) is 0 Å². The van der Waals surface area contributed by atoms with Gasteiger partial charge in [0.25, 0.3) is 5.91 Å². The minimum Gasteiger partial charge on any atom is -0.356 e. The average Bonchev–Trinajstić information content (AvgIpc) is 2.68. The fourth-order valence-corrected chi connectivity index (χ4v) is 5.43. The van der Waals surface area contributed by atoms with Crippen molar-refractivity contribution in [2.75, 3.05) is 43.9 Å². The number of piperidine rings is 2. The molecule has 0 aliphatic carbocycles. The first-order chi connectivity index (χ1) is 12.9. The van der Waals surface area contributed by atoms with Crippen LogP contribution in [0.25, 0.3) is 0 Å². The van der Waals surface area contributed by atoms with E-state index in [4.69, 9.17) is 0 Å². The summed E-state index contributed by atoms with van der Waals surface area (Å²) in [6.07, 6.45) is 7.80. The second kappa shape index (κ2) is 8.56. The van der Waals surface area contributed by atoms with Crippen molar-refractivity contribution in [2.24, 2.45) is 0 Å². The molecule has 1 amide bonds. The van der Waals surface area contributed by atoms with Crippen molar-refractivity contribution < 1.29 is 13.2 Å². The van der Waals surface area contributed by atoms with E-state index in [2.05, 4.69) is 9.88 Å². The smallest absolute Gasteiger partial charge is 0.257 e. The van der Waals surface area contributed by atoms with Gasteiger partial charge in [0, 0.05) is 45.0 Å². The molecule has 2 aliphatic heterocycles. The van der Waals surface area contributed by atoms with Crippen LogP contribution in [0.2, 0.25) is 0 Å². The summed E-state index contributed by atoms with van der Waals surface area (Å²) in [6.45, 7) is 5.40. The molecule has 0 radical (unpaired) electrons. The molecule has 0 bridgehead atoms. The maximum atomic E-state index is 13.0. The fourth-order valence-electron chi connectivity index (χ4n) is 4.21. The van der Waals surface area contributed by atoms with E-state index in [0.29, 0.717) is 25.2 Å². The monoisotopic (exact) mass is 394 g/mol. The lowest BCUT2D eigenvalue weighted by molar-refractivity contribution is 0.0724. The van der Waals surface area contributed by atoms with Gasteiger partial charge >= 0.3 is 0 Å². The van der Waals surface area contributed by atoms with E-state index in [-0.39, 0.29) is 11.9 Å². The lowest BCUT2D eigenvalue weighted by Gasteiger charge is -2.38. The molecule has 1 aromatic rings. The van der Waals surface area contributed by atoms with Crippen molar-refractivity contribution in [2.45, 2.75) is 45.1 Å². The summed E-state index contributed by atoms with van der Waals surface area (Å²) in [6, 6.07) is 3.70. The van der Waals surface area contributed by atoms with Crippen molar-refractivity contribution in [1.29, 1.82) is 0 Å². The van der Waals surface area contributed by atoms with Gasteiger partial charge in [-0.2, -0.15) is 4.31 Å². The summed E-state index contributed by atoms with van der Waals surface area (Å²) in [5.74, 6) is 0.792. The summed E-state index contributed by atoms with van der Waals surface area (Å²) in [4.78, 5) is 21.5. The van der Waals surface area contributed by atoms with Gasteiger partial charge in [0.2, 0.25) is 10.0 Å². The second-order valence-corrected chi connectivity index (χ2v) is 9.35. The normalized spacial score (nSPS) is 19.5. The molecule has 2 aliphatic rings. The van der Waals surface area contributed by atoms with Crippen LogP contribution in [0.5, 0.6) is 0 Å². The summed E-state index contributed by atoms with van der Waals surface area (Å²) < 4.78 is 25.5. The van der Waals surface area contributed by atoms with Gasteiger partial charge < -0.3 is 9.80 Å². The number of hydrogen-bond donors (Lipinski definition) is 0. The number of carbonyl (C=O) groups excluding carboxylic acids is 1. The molecule has 0 unspecified atom stereocenters. The second-order valence-electron chi connectivity index (χ2n) is 7.41. The first kappa shape index (κ1) is 20.1. The molecule has 150 valence electrons. The van der Waals surface area contributed by atoms with Crippen LogP contribution in [-0.2, 0) is 10.0 Å². The molecule has 3 rings (SSSR count). The number of nitrogens with zero attached hydrogens (tertiary/aromatic N) is 4. The van der Waals surface area contributed by atoms with Crippen LogP contribution in [0.1, 0.15) is 49.4 Å². The number of likely N-dealkylation sites (tertiary alicyclic amines) is 1. The standard InChI is InChI=1S/C19H30N4O3S/c1-3-23(27(2,25)26)16-9-14-21(15-10-16)18-17(8-7-11-20-18)19(24)22-12-5-4-6-13-22/h7-8,11,16H,3-6,9-10,12-15H2,1-2H3. The molecule has 7 nitrogen and oxygen atoms in total. The third kappa shape index (κ3) is 4.60. The molecule has 0 atom stereocenters. The van der Waals surface area contributed by atoms with Gasteiger partial charge in [0.15, 0.2) is 0 Å². The molecule has 8 heteroatoms. The Morgan fingerprint density at radius 2 is 1.85 bits per heavy atom. The fraction of sp³-hybridized carbons (Fsp3) is 0.684. The largest absolute Gasteiger partial charge is 0.356 e. The Morgan fingerprint density at radius 1 is 1.19 bits per heavy atom. The first-order valence-corrected chi connectivity index (χ1v) is 11.7. The highest BCUT2D eigenvalue weighted by Crippen LogP contribution is 2.26. The topological polar surface area (TPSA) is 73.8 Å². The molecule has 0 N–H and O–H groups in total. The van der Waals surface area contributed by atoms with E-state index in [9.17, 15) is 13.2 Å². The van der Waals surface area contributed by atoms with Crippen molar-refractivity contribution in [3.05, 3.63) is 23.9 Å². The van der Waals surface area contributed by atoms with Gasteiger partial charge in [-0.05, 0) is 44.2 Å². The van der Waals surface area contributed by atoms with Crippen LogP contribution in [0.3, 0.4) is 0 Å². The quantitative estimate of drug-likeness (QED) is 0.763. The number of aromatic nitrogens is 1. The van der Waals surface area contributed by atoms with Gasteiger partial charge in [-0.3, -0.25) is 4.79 Å². The maximum absolute atomic E-state index is 13.0. The third-order valence-corrected chi connectivity index (χ3v) is 6.98. The van der Waals surface area contributed by atoms with Crippen LogP contribution in [0, 0.1) is 0 Å². The Morgan fingerprint density at radius 3 is 2.44 bits per heavy atom. The zero-order valence-corrected chi connectivity index (χ0v) is 17.1. The van der Waals surface area contributed by atoms with Crippen LogP contribution in [-0.4, -0.2) is 73.5 Å². The average molecular weight is 395 g/mol. The maximum Gasteiger partial charge on any atom is 0.257 e. The molecule has 0 aromatic carbocycles. The number of sulfonamides is 1. The molecule has 1 aromatic heterocycles. The lowest BCUT2D eigenvalue weighted by atomic mass is 10.0. The van der Waals surface area contributed by atoms with Crippen LogP contribution < -0.4 is 4.90 Å². The van der Waals surface area contributed by atoms with E-state index < -0.39 is 10.0 Å². The molecular weight excluding hydrogens is 364 g/mol. The zero-order valence-electron chi connectivity index (χ0n) is 16.3. The summed E-state index contributed by atoms with van der Waals surface area (Å²) in [5, 5.41) is 0. The third-order valence-electron chi connectivity index (χ3n) is 5.57. The molecule has 2 fully saturated rings. The Balaban J connectivity index is 1.72.